The van der Waals surface area contributed by atoms with Crippen LogP contribution >= 0.6 is 11.6 Å². The highest BCUT2D eigenvalue weighted by atomic mass is 35.5. The monoisotopic (exact) mass is 480 g/mol. The number of barbiturate groups is 1. The molecule has 2 aromatic rings. The van der Waals surface area contributed by atoms with Gasteiger partial charge in [0.1, 0.15) is 23.0 Å². The average molecular weight is 481 g/mol. The Bertz CT molecular complexity index is 1270. The zero-order chi connectivity index (χ0) is 24.5. The van der Waals surface area contributed by atoms with Crippen molar-refractivity contribution in [1.29, 1.82) is 5.26 Å². The van der Waals surface area contributed by atoms with Crippen LogP contribution in [0.15, 0.2) is 53.6 Å². The summed E-state index contributed by atoms with van der Waals surface area (Å²) in [7, 11) is 0. The number of alkyl halides is 3. The van der Waals surface area contributed by atoms with Crippen LogP contribution in [0.1, 0.15) is 5.56 Å². The van der Waals surface area contributed by atoms with Gasteiger partial charge >= 0.3 is 12.2 Å². The predicted octanol–water partition coefficient (Wildman–Crippen LogP) is 3.54. The standard InChI is InChI=1S/C20H9ClF4N4O4/c21-13-6-1-9(20(23,24)25)7-14(13)29-18(32)15(17(31)28-19(29)33)12(8-26)16(30)27-11-4-2-10(22)3-5-11/h1-7H,(H,27,30)(H,28,31,33)/b15-12-. The Morgan fingerprint density at radius 3 is 2.30 bits per heavy atom. The van der Waals surface area contributed by atoms with Crippen LogP contribution < -0.4 is 15.5 Å². The van der Waals surface area contributed by atoms with Crippen LogP contribution in [0.3, 0.4) is 0 Å². The van der Waals surface area contributed by atoms with Gasteiger partial charge in [0.25, 0.3) is 17.7 Å². The molecule has 1 fully saturated rings. The SMILES string of the molecule is N#C/C(C(=O)Nc1ccc(F)cc1)=C1\C(=O)NC(=O)N(c2cc(C(F)(F)F)ccc2Cl)C1=O. The van der Waals surface area contributed by atoms with Crippen molar-refractivity contribution in [3.05, 3.63) is 70.0 Å². The molecule has 33 heavy (non-hydrogen) atoms. The average Bonchev–Trinajstić information content (AvgIpc) is 2.73. The zero-order valence-electron chi connectivity index (χ0n) is 16.0. The third-order valence-corrected chi connectivity index (χ3v) is 4.59. The maximum absolute atomic E-state index is 13.1. The van der Waals surface area contributed by atoms with Crippen molar-refractivity contribution in [2.75, 3.05) is 10.2 Å². The van der Waals surface area contributed by atoms with Gasteiger partial charge in [0.2, 0.25) is 0 Å². The Labute approximate surface area is 187 Å². The number of rotatable bonds is 3. The minimum absolute atomic E-state index is 0.00673. The van der Waals surface area contributed by atoms with Gasteiger partial charge in [-0.1, -0.05) is 11.6 Å². The van der Waals surface area contributed by atoms with Gasteiger partial charge in [-0.3, -0.25) is 19.7 Å². The number of halogens is 5. The van der Waals surface area contributed by atoms with Crippen LogP contribution in [0, 0.1) is 17.1 Å². The summed E-state index contributed by atoms with van der Waals surface area (Å²) in [6, 6.07) is 5.96. The quantitative estimate of drug-likeness (QED) is 0.301. The molecule has 2 N–H and O–H groups in total. The molecule has 0 aromatic heterocycles. The van der Waals surface area contributed by atoms with E-state index in [0.717, 1.165) is 30.3 Å². The van der Waals surface area contributed by atoms with Crippen molar-refractivity contribution in [2.45, 2.75) is 6.18 Å². The van der Waals surface area contributed by atoms with Crippen molar-refractivity contribution in [2.24, 2.45) is 0 Å². The first kappa shape index (κ1) is 23.4. The molecule has 1 saturated heterocycles. The molecule has 13 heteroatoms. The molecular formula is C20H9ClF4N4O4. The Morgan fingerprint density at radius 2 is 1.73 bits per heavy atom. The van der Waals surface area contributed by atoms with Crippen LogP contribution in [0.4, 0.5) is 33.7 Å². The van der Waals surface area contributed by atoms with Crippen molar-refractivity contribution in [3.8, 4) is 6.07 Å². The van der Waals surface area contributed by atoms with Gasteiger partial charge in [0, 0.05) is 5.69 Å². The van der Waals surface area contributed by atoms with Crippen molar-refractivity contribution >= 4 is 46.7 Å². The summed E-state index contributed by atoms with van der Waals surface area (Å²) in [4.78, 5) is 50.1. The number of anilines is 2. The maximum atomic E-state index is 13.1. The molecular weight excluding hydrogens is 472 g/mol. The molecule has 0 spiro atoms. The third kappa shape index (κ3) is 4.68. The predicted molar refractivity (Wildman–Crippen MR) is 105 cm³/mol. The fourth-order valence-corrected chi connectivity index (χ4v) is 2.97. The summed E-state index contributed by atoms with van der Waals surface area (Å²) in [5, 5.41) is 12.8. The van der Waals surface area contributed by atoms with E-state index in [1.807, 2.05) is 0 Å². The first-order valence-corrected chi connectivity index (χ1v) is 9.09. The topological polar surface area (TPSA) is 119 Å². The van der Waals surface area contributed by atoms with E-state index >= 15 is 0 Å². The highest BCUT2D eigenvalue weighted by molar-refractivity contribution is 6.42. The summed E-state index contributed by atoms with van der Waals surface area (Å²) in [5.74, 6) is -4.85. The second-order valence-corrected chi connectivity index (χ2v) is 6.79. The van der Waals surface area contributed by atoms with E-state index in [4.69, 9.17) is 11.6 Å². The fraction of sp³-hybridized carbons (Fsp3) is 0.0500. The second-order valence-electron chi connectivity index (χ2n) is 6.39. The highest BCUT2D eigenvalue weighted by Crippen LogP contribution is 2.36. The third-order valence-electron chi connectivity index (χ3n) is 4.27. The number of hydrogen-bond donors (Lipinski definition) is 2. The lowest BCUT2D eigenvalue weighted by Crippen LogP contribution is -2.55. The largest absolute Gasteiger partial charge is 0.416 e. The van der Waals surface area contributed by atoms with Crippen molar-refractivity contribution in [1.82, 2.24) is 5.32 Å². The van der Waals surface area contributed by atoms with Gasteiger partial charge in [-0.25, -0.2) is 14.1 Å². The molecule has 1 aliphatic rings. The van der Waals surface area contributed by atoms with Gasteiger partial charge < -0.3 is 5.32 Å². The normalized spacial score (nSPS) is 15.6. The van der Waals surface area contributed by atoms with E-state index in [0.29, 0.717) is 12.1 Å². The molecule has 8 nitrogen and oxygen atoms in total. The first-order valence-electron chi connectivity index (χ1n) is 8.72. The van der Waals surface area contributed by atoms with E-state index in [-0.39, 0.29) is 10.6 Å². The van der Waals surface area contributed by atoms with E-state index in [1.54, 1.807) is 5.32 Å². The van der Waals surface area contributed by atoms with Crippen LogP contribution in [-0.4, -0.2) is 23.8 Å². The minimum atomic E-state index is -4.85. The summed E-state index contributed by atoms with van der Waals surface area (Å²) >= 11 is 5.87. The highest BCUT2D eigenvalue weighted by Gasteiger charge is 2.42. The van der Waals surface area contributed by atoms with Crippen LogP contribution in [0.25, 0.3) is 0 Å². The van der Waals surface area contributed by atoms with Crippen LogP contribution in [0.2, 0.25) is 5.02 Å². The number of amides is 5. The minimum Gasteiger partial charge on any atom is -0.321 e. The molecule has 0 atom stereocenters. The molecule has 168 valence electrons. The molecule has 0 saturated carbocycles. The number of nitriles is 1. The molecule has 0 bridgehead atoms. The lowest BCUT2D eigenvalue weighted by molar-refractivity contribution is -0.137. The molecule has 0 unspecified atom stereocenters. The van der Waals surface area contributed by atoms with E-state index < -0.39 is 63.2 Å². The van der Waals surface area contributed by atoms with E-state index in [1.165, 1.54) is 6.07 Å². The number of carbonyl (C=O) groups is 4. The molecule has 3 rings (SSSR count). The number of nitrogens with zero attached hydrogens (tertiary/aromatic N) is 2. The lowest BCUT2D eigenvalue weighted by Gasteiger charge is -2.28. The fourth-order valence-electron chi connectivity index (χ4n) is 2.76. The molecule has 5 amide bonds. The van der Waals surface area contributed by atoms with E-state index in [9.17, 15) is 42.0 Å². The Hall–Kier alpha value is -4.24. The van der Waals surface area contributed by atoms with Gasteiger partial charge in [-0.05, 0) is 42.5 Å². The van der Waals surface area contributed by atoms with Crippen molar-refractivity contribution in [3.63, 3.8) is 0 Å². The maximum Gasteiger partial charge on any atom is 0.416 e. The molecule has 0 aliphatic carbocycles. The van der Waals surface area contributed by atoms with Gasteiger partial charge in [-0.15, -0.1) is 0 Å². The van der Waals surface area contributed by atoms with E-state index in [2.05, 4.69) is 5.32 Å². The van der Waals surface area contributed by atoms with Gasteiger partial charge in [-0.2, -0.15) is 18.4 Å². The Balaban J connectivity index is 2.07. The number of hydrogen-bond acceptors (Lipinski definition) is 5. The second kappa shape index (κ2) is 8.71. The van der Waals surface area contributed by atoms with Crippen LogP contribution in [-0.2, 0) is 20.6 Å². The lowest BCUT2D eigenvalue weighted by atomic mass is 10.0. The summed E-state index contributed by atoms with van der Waals surface area (Å²) < 4.78 is 52.3. The molecule has 2 aromatic carbocycles. The smallest absolute Gasteiger partial charge is 0.321 e. The zero-order valence-corrected chi connectivity index (χ0v) is 16.7. The number of urea groups is 1. The first-order chi connectivity index (χ1) is 15.4. The Kier molecular flexibility index (Phi) is 6.19. The summed E-state index contributed by atoms with van der Waals surface area (Å²) in [6.45, 7) is 0. The van der Waals surface area contributed by atoms with Crippen molar-refractivity contribution < 1.29 is 36.7 Å². The molecule has 0 radical (unpaired) electrons. The molecule has 1 heterocycles. The summed E-state index contributed by atoms with van der Waals surface area (Å²) in [6.07, 6.45) is -4.85. The number of nitrogens with one attached hydrogen (secondary N) is 2. The number of carbonyl (C=O) groups excluding carboxylic acids is 4. The molecule has 1 aliphatic heterocycles. The van der Waals surface area contributed by atoms with Gasteiger partial charge in [0.15, 0.2) is 0 Å². The Morgan fingerprint density at radius 1 is 1.09 bits per heavy atom. The number of benzene rings is 2. The number of imide groups is 2. The van der Waals surface area contributed by atoms with Crippen LogP contribution in [0.5, 0.6) is 0 Å². The van der Waals surface area contributed by atoms with Gasteiger partial charge in [0.05, 0.1) is 16.3 Å². The summed E-state index contributed by atoms with van der Waals surface area (Å²) in [5.41, 5.74) is -4.12.